The number of hydrogen-bond acceptors (Lipinski definition) is 5. The van der Waals surface area contributed by atoms with E-state index in [0.717, 1.165) is 51.4 Å². The third kappa shape index (κ3) is 4.18. The van der Waals surface area contributed by atoms with Gasteiger partial charge in [0.1, 0.15) is 5.54 Å². The maximum Gasteiger partial charge on any atom is 0.326 e. The predicted molar refractivity (Wildman–Crippen MR) is 82.0 cm³/mol. The summed E-state index contributed by atoms with van der Waals surface area (Å²) in [4.78, 5) is 14.7. The third-order valence-electron chi connectivity index (χ3n) is 4.94. The summed E-state index contributed by atoms with van der Waals surface area (Å²) in [5.74, 6) is 0.0442. The molecular weight excluding hydrogens is 268 g/mol. The van der Waals surface area contributed by atoms with Gasteiger partial charge in [0.15, 0.2) is 0 Å². The van der Waals surface area contributed by atoms with Crippen LogP contribution in [-0.4, -0.2) is 55.9 Å². The minimum Gasteiger partial charge on any atom is -0.465 e. The van der Waals surface area contributed by atoms with Crippen LogP contribution in [0, 0.1) is 5.92 Å². The highest BCUT2D eigenvalue weighted by atomic mass is 16.5. The topological polar surface area (TPSA) is 64.8 Å². The zero-order valence-corrected chi connectivity index (χ0v) is 13.5. The van der Waals surface area contributed by atoms with Crippen LogP contribution >= 0.6 is 0 Å². The van der Waals surface area contributed by atoms with Crippen LogP contribution in [0.2, 0.25) is 0 Å². The molecular formula is C16H30N2O3. The SMILES string of the molecule is CCOC(=O)C1(N)CCCC1CCN(CCOC)C1CC1. The van der Waals surface area contributed by atoms with E-state index in [1.54, 1.807) is 7.11 Å². The van der Waals surface area contributed by atoms with E-state index in [1.165, 1.54) is 12.8 Å². The second-order valence-corrected chi connectivity index (χ2v) is 6.40. The highest BCUT2D eigenvalue weighted by Gasteiger charge is 2.46. The molecule has 2 N–H and O–H groups in total. The molecule has 0 aliphatic heterocycles. The normalized spacial score (nSPS) is 29.0. The van der Waals surface area contributed by atoms with Gasteiger partial charge in [-0.25, -0.2) is 0 Å². The molecule has 0 bridgehead atoms. The third-order valence-corrected chi connectivity index (χ3v) is 4.94. The molecule has 122 valence electrons. The smallest absolute Gasteiger partial charge is 0.326 e. The predicted octanol–water partition coefficient (Wildman–Crippen LogP) is 1.55. The van der Waals surface area contributed by atoms with Gasteiger partial charge in [0.25, 0.3) is 0 Å². The van der Waals surface area contributed by atoms with E-state index < -0.39 is 5.54 Å². The van der Waals surface area contributed by atoms with Gasteiger partial charge in [-0.15, -0.1) is 0 Å². The lowest BCUT2D eigenvalue weighted by Crippen LogP contribution is -2.52. The first kappa shape index (κ1) is 16.7. The van der Waals surface area contributed by atoms with E-state index >= 15 is 0 Å². The van der Waals surface area contributed by atoms with E-state index in [-0.39, 0.29) is 11.9 Å². The number of esters is 1. The number of nitrogens with two attached hydrogens (primary N) is 1. The molecule has 0 aromatic carbocycles. The average molecular weight is 298 g/mol. The molecule has 0 saturated heterocycles. The Labute approximate surface area is 128 Å². The number of ether oxygens (including phenoxy) is 2. The van der Waals surface area contributed by atoms with Crippen molar-refractivity contribution >= 4 is 5.97 Å². The van der Waals surface area contributed by atoms with Crippen molar-refractivity contribution in [2.75, 3.05) is 33.4 Å². The fourth-order valence-electron chi connectivity index (χ4n) is 3.49. The van der Waals surface area contributed by atoms with Crippen molar-refractivity contribution in [1.82, 2.24) is 4.90 Å². The lowest BCUT2D eigenvalue weighted by molar-refractivity contribution is -0.151. The van der Waals surface area contributed by atoms with Gasteiger partial charge < -0.3 is 15.2 Å². The van der Waals surface area contributed by atoms with Gasteiger partial charge in [-0.05, 0) is 51.5 Å². The van der Waals surface area contributed by atoms with Crippen molar-refractivity contribution < 1.29 is 14.3 Å². The van der Waals surface area contributed by atoms with Gasteiger partial charge >= 0.3 is 5.97 Å². The zero-order chi connectivity index (χ0) is 15.3. The second-order valence-electron chi connectivity index (χ2n) is 6.40. The number of carbonyl (C=O) groups excluding carboxylic acids is 1. The molecule has 5 heteroatoms. The number of carbonyl (C=O) groups is 1. The van der Waals surface area contributed by atoms with Gasteiger partial charge in [0.05, 0.1) is 13.2 Å². The quantitative estimate of drug-likeness (QED) is 0.654. The Balaban J connectivity index is 1.86. The first-order chi connectivity index (χ1) is 10.1. The van der Waals surface area contributed by atoms with Crippen molar-refractivity contribution in [1.29, 1.82) is 0 Å². The Morgan fingerprint density at radius 3 is 2.71 bits per heavy atom. The molecule has 0 heterocycles. The van der Waals surface area contributed by atoms with Gasteiger partial charge in [-0.2, -0.15) is 0 Å². The highest BCUT2D eigenvalue weighted by Crippen LogP contribution is 2.38. The highest BCUT2D eigenvalue weighted by molar-refractivity contribution is 5.81. The Hall–Kier alpha value is -0.650. The van der Waals surface area contributed by atoms with Gasteiger partial charge in [-0.3, -0.25) is 9.69 Å². The summed E-state index contributed by atoms with van der Waals surface area (Å²) in [6.07, 6.45) is 6.40. The van der Waals surface area contributed by atoms with Crippen LogP contribution in [0.15, 0.2) is 0 Å². The standard InChI is InChI=1S/C16H30N2O3/c1-3-21-15(19)16(17)9-4-5-13(16)8-10-18(11-12-20-2)14-6-7-14/h13-14H,3-12,17H2,1-2H3. The van der Waals surface area contributed by atoms with Gasteiger partial charge in [0, 0.05) is 19.7 Å². The van der Waals surface area contributed by atoms with Crippen molar-refractivity contribution in [2.45, 2.75) is 57.0 Å². The van der Waals surface area contributed by atoms with Gasteiger partial charge in [-0.1, -0.05) is 6.42 Å². The largest absolute Gasteiger partial charge is 0.465 e. The Morgan fingerprint density at radius 1 is 1.33 bits per heavy atom. The molecule has 0 amide bonds. The average Bonchev–Trinajstić information content (AvgIpc) is 3.23. The zero-order valence-electron chi connectivity index (χ0n) is 13.5. The number of methoxy groups -OCH3 is 1. The molecule has 2 saturated carbocycles. The maximum atomic E-state index is 12.2. The molecule has 5 nitrogen and oxygen atoms in total. The molecule has 2 fully saturated rings. The molecule has 2 unspecified atom stereocenters. The summed E-state index contributed by atoms with van der Waals surface area (Å²) in [6, 6.07) is 0.719. The lowest BCUT2D eigenvalue weighted by atomic mass is 9.85. The van der Waals surface area contributed by atoms with Crippen molar-refractivity contribution in [3.63, 3.8) is 0 Å². The van der Waals surface area contributed by atoms with E-state index in [0.29, 0.717) is 6.61 Å². The number of rotatable bonds is 9. The molecule has 2 aliphatic rings. The summed E-state index contributed by atoms with van der Waals surface area (Å²) in [6.45, 7) is 5.01. The summed E-state index contributed by atoms with van der Waals surface area (Å²) in [5, 5.41) is 0. The van der Waals surface area contributed by atoms with Crippen LogP contribution in [0.1, 0.15) is 45.4 Å². The first-order valence-electron chi connectivity index (χ1n) is 8.31. The molecule has 2 atom stereocenters. The first-order valence-corrected chi connectivity index (χ1v) is 8.31. The van der Waals surface area contributed by atoms with E-state index in [4.69, 9.17) is 15.2 Å². The Morgan fingerprint density at radius 2 is 2.10 bits per heavy atom. The summed E-state index contributed by atoms with van der Waals surface area (Å²) >= 11 is 0. The Bertz CT molecular complexity index is 346. The Kier molecular flexibility index (Phi) is 6.02. The fourth-order valence-corrected chi connectivity index (χ4v) is 3.49. The van der Waals surface area contributed by atoms with Gasteiger partial charge in [0.2, 0.25) is 0 Å². The van der Waals surface area contributed by atoms with Crippen LogP contribution in [0.25, 0.3) is 0 Å². The van der Waals surface area contributed by atoms with Crippen LogP contribution < -0.4 is 5.73 Å². The molecule has 2 rings (SSSR count). The lowest BCUT2D eigenvalue weighted by Gasteiger charge is -2.31. The molecule has 0 spiro atoms. The van der Waals surface area contributed by atoms with Crippen molar-refractivity contribution in [2.24, 2.45) is 11.7 Å². The fraction of sp³-hybridized carbons (Fsp3) is 0.938. The van der Waals surface area contributed by atoms with Crippen LogP contribution in [0.5, 0.6) is 0 Å². The summed E-state index contributed by atoms with van der Waals surface area (Å²) in [5.41, 5.74) is 5.64. The number of nitrogens with zero attached hydrogens (tertiary/aromatic N) is 1. The van der Waals surface area contributed by atoms with Crippen LogP contribution in [-0.2, 0) is 14.3 Å². The van der Waals surface area contributed by atoms with Crippen LogP contribution in [0.4, 0.5) is 0 Å². The molecule has 2 aliphatic carbocycles. The summed E-state index contributed by atoms with van der Waals surface area (Å²) < 4.78 is 10.4. The van der Waals surface area contributed by atoms with Crippen molar-refractivity contribution in [3.8, 4) is 0 Å². The van der Waals surface area contributed by atoms with E-state index in [9.17, 15) is 4.79 Å². The monoisotopic (exact) mass is 298 g/mol. The summed E-state index contributed by atoms with van der Waals surface area (Å²) in [7, 11) is 1.74. The minimum absolute atomic E-state index is 0.206. The molecule has 0 aromatic heterocycles. The maximum absolute atomic E-state index is 12.2. The molecule has 0 radical (unpaired) electrons. The molecule has 0 aromatic rings. The minimum atomic E-state index is -0.757. The van der Waals surface area contributed by atoms with E-state index in [2.05, 4.69) is 4.90 Å². The molecule has 21 heavy (non-hydrogen) atoms. The number of hydrogen-bond donors (Lipinski definition) is 1. The van der Waals surface area contributed by atoms with Crippen LogP contribution in [0.3, 0.4) is 0 Å². The second kappa shape index (κ2) is 7.56. The van der Waals surface area contributed by atoms with E-state index in [1.807, 2.05) is 6.92 Å². The van der Waals surface area contributed by atoms with Crippen molar-refractivity contribution in [3.05, 3.63) is 0 Å².